The van der Waals surface area contributed by atoms with Gasteiger partial charge in [0.05, 0.1) is 5.41 Å². The van der Waals surface area contributed by atoms with Gasteiger partial charge in [0.2, 0.25) is 5.91 Å². The number of rotatable bonds is 3. The fourth-order valence-electron chi connectivity index (χ4n) is 4.48. The molecule has 3 nitrogen and oxygen atoms in total. The highest BCUT2D eigenvalue weighted by Gasteiger charge is 2.44. The van der Waals surface area contributed by atoms with Crippen molar-refractivity contribution in [3.63, 3.8) is 0 Å². The number of hydrogen-bond acceptors (Lipinski definition) is 2. The highest BCUT2D eigenvalue weighted by molar-refractivity contribution is 6.30. The number of carbonyl (C=O) groups is 1. The minimum atomic E-state index is -0.343. The normalized spacial score (nSPS) is 23.0. The van der Waals surface area contributed by atoms with E-state index in [0.717, 1.165) is 62.2 Å². The first-order valence-electron chi connectivity index (χ1n) is 9.34. The molecule has 1 aliphatic heterocycles. The molecule has 1 saturated carbocycles. The van der Waals surface area contributed by atoms with Gasteiger partial charge in [-0.15, -0.1) is 0 Å². The van der Waals surface area contributed by atoms with Crippen LogP contribution in [0.2, 0.25) is 5.02 Å². The molecule has 2 fully saturated rings. The maximum atomic E-state index is 13.5. The summed E-state index contributed by atoms with van der Waals surface area (Å²) >= 11 is 6.06. The molecule has 132 valence electrons. The third-order valence-electron chi connectivity index (χ3n) is 6.08. The van der Waals surface area contributed by atoms with Crippen LogP contribution < -0.4 is 5.73 Å². The number of nitrogens with zero attached hydrogens (tertiary/aromatic N) is 1. The molecule has 1 aromatic carbocycles. The Hall–Kier alpha value is -1.06. The average Bonchev–Trinajstić information content (AvgIpc) is 2.62. The Morgan fingerprint density at radius 1 is 1.17 bits per heavy atom. The molecule has 24 heavy (non-hydrogen) atoms. The van der Waals surface area contributed by atoms with Crippen LogP contribution in [-0.2, 0) is 10.2 Å². The number of amides is 1. The first-order chi connectivity index (χ1) is 11.5. The van der Waals surface area contributed by atoms with Gasteiger partial charge in [-0.3, -0.25) is 4.79 Å². The van der Waals surface area contributed by atoms with E-state index in [4.69, 9.17) is 17.3 Å². The summed E-state index contributed by atoms with van der Waals surface area (Å²) in [6, 6.07) is 8.17. The van der Waals surface area contributed by atoms with Crippen molar-refractivity contribution in [2.45, 2.75) is 63.3 Å². The number of hydrogen-bond donors (Lipinski definition) is 1. The lowest BCUT2D eigenvalue weighted by Crippen LogP contribution is -2.51. The summed E-state index contributed by atoms with van der Waals surface area (Å²) in [4.78, 5) is 15.6. The van der Waals surface area contributed by atoms with Crippen LogP contribution in [0.4, 0.5) is 0 Å². The molecule has 0 radical (unpaired) electrons. The minimum Gasteiger partial charge on any atom is -0.342 e. The number of likely N-dealkylation sites (tertiary alicyclic amines) is 1. The fraction of sp³-hybridized carbons (Fsp3) is 0.650. The maximum absolute atomic E-state index is 13.5. The highest BCUT2D eigenvalue weighted by Crippen LogP contribution is 2.42. The van der Waals surface area contributed by atoms with Crippen molar-refractivity contribution in [3.8, 4) is 0 Å². The summed E-state index contributed by atoms with van der Waals surface area (Å²) < 4.78 is 0. The molecule has 1 atom stereocenters. The summed E-state index contributed by atoms with van der Waals surface area (Å²) in [5.41, 5.74) is 6.85. The molecule has 0 bridgehead atoms. The zero-order valence-corrected chi connectivity index (χ0v) is 15.4. The molecule has 1 heterocycles. The summed E-state index contributed by atoms with van der Waals surface area (Å²) in [5, 5.41) is 0.731. The average molecular weight is 349 g/mol. The second-order valence-corrected chi connectivity index (χ2v) is 8.07. The third kappa shape index (κ3) is 3.48. The first kappa shape index (κ1) is 17.8. The standard InChI is InChI=1S/C20H29ClN2O/c1-15(22)16-9-13-23(14-10-16)19(24)20(11-3-2-4-12-20)17-5-7-18(21)8-6-17/h5-8,15-16H,2-4,9-14,22H2,1H3. The first-order valence-corrected chi connectivity index (χ1v) is 9.72. The Morgan fingerprint density at radius 2 is 1.75 bits per heavy atom. The number of nitrogens with two attached hydrogens (primary N) is 1. The summed E-state index contributed by atoms with van der Waals surface area (Å²) in [6.07, 6.45) is 7.46. The monoisotopic (exact) mass is 348 g/mol. The van der Waals surface area contributed by atoms with E-state index in [1.807, 2.05) is 12.1 Å². The molecule has 1 unspecified atom stereocenters. The minimum absolute atomic E-state index is 0.224. The molecule has 1 aromatic rings. The largest absolute Gasteiger partial charge is 0.342 e. The van der Waals surface area contributed by atoms with Gasteiger partial charge in [-0.2, -0.15) is 0 Å². The number of carbonyl (C=O) groups excluding carboxylic acids is 1. The Morgan fingerprint density at radius 3 is 2.29 bits per heavy atom. The Kier molecular flexibility index (Phi) is 5.51. The molecule has 1 amide bonds. The van der Waals surface area contributed by atoms with Crippen molar-refractivity contribution in [2.75, 3.05) is 13.1 Å². The van der Waals surface area contributed by atoms with E-state index in [-0.39, 0.29) is 11.5 Å². The predicted molar refractivity (Wildman–Crippen MR) is 99.2 cm³/mol. The van der Waals surface area contributed by atoms with Gasteiger partial charge < -0.3 is 10.6 Å². The molecule has 4 heteroatoms. The lowest BCUT2D eigenvalue weighted by molar-refractivity contribution is -0.140. The molecule has 1 aliphatic carbocycles. The van der Waals surface area contributed by atoms with Gasteiger partial charge in [0, 0.05) is 24.2 Å². The van der Waals surface area contributed by atoms with Crippen LogP contribution in [0.5, 0.6) is 0 Å². The van der Waals surface area contributed by atoms with Crippen molar-refractivity contribution in [1.29, 1.82) is 0 Å². The van der Waals surface area contributed by atoms with Crippen molar-refractivity contribution in [1.82, 2.24) is 4.90 Å². The van der Waals surface area contributed by atoms with Gasteiger partial charge in [0.25, 0.3) is 0 Å². The third-order valence-corrected chi connectivity index (χ3v) is 6.34. The van der Waals surface area contributed by atoms with E-state index in [2.05, 4.69) is 24.0 Å². The van der Waals surface area contributed by atoms with Crippen molar-refractivity contribution < 1.29 is 4.79 Å². The Bertz CT molecular complexity index is 556. The van der Waals surface area contributed by atoms with Crippen LogP contribution in [0.25, 0.3) is 0 Å². The highest BCUT2D eigenvalue weighted by atomic mass is 35.5. The van der Waals surface area contributed by atoms with Crippen molar-refractivity contribution in [2.24, 2.45) is 11.7 Å². The lowest BCUT2D eigenvalue weighted by Gasteiger charge is -2.43. The second-order valence-electron chi connectivity index (χ2n) is 7.64. The number of benzene rings is 1. The van der Waals surface area contributed by atoms with E-state index in [9.17, 15) is 4.79 Å². The van der Waals surface area contributed by atoms with Crippen molar-refractivity contribution in [3.05, 3.63) is 34.9 Å². The second kappa shape index (κ2) is 7.45. The predicted octanol–water partition coefficient (Wildman–Crippen LogP) is 4.13. The van der Waals surface area contributed by atoms with E-state index in [0.29, 0.717) is 11.8 Å². The zero-order valence-electron chi connectivity index (χ0n) is 14.6. The van der Waals surface area contributed by atoms with E-state index >= 15 is 0 Å². The van der Waals surface area contributed by atoms with Gasteiger partial charge >= 0.3 is 0 Å². The van der Waals surface area contributed by atoms with Gasteiger partial charge in [0.1, 0.15) is 0 Å². The molecule has 2 aliphatic rings. The van der Waals surface area contributed by atoms with Crippen LogP contribution >= 0.6 is 11.6 Å². The zero-order chi connectivity index (χ0) is 17.2. The Balaban J connectivity index is 1.81. The molecular formula is C20H29ClN2O. The summed E-state index contributed by atoms with van der Waals surface area (Å²) in [7, 11) is 0. The van der Waals surface area contributed by atoms with Gasteiger partial charge in [-0.25, -0.2) is 0 Å². The van der Waals surface area contributed by atoms with E-state index in [1.54, 1.807) is 0 Å². The quantitative estimate of drug-likeness (QED) is 0.892. The van der Waals surface area contributed by atoms with E-state index < -0.39 is 0 Å². The summed E-state index contributed by atoms with van der Waals surface area (Å²) in [5.74, 6) is 0.875. The van der Waals surface area contributed by atoms with Gasteiger partial charge in [-0.1, -0.05) is 43.0 Å². The SMILES string of the molecule is CC(N)C1CCN(C(=O)C2(c3ccc(Cl)cc3)CCCCC2)CC1. The van der Waals surface area contributed by atoms with Gasteiger partial charge in [0.15, 0.2) is 0 Å². The van der Waals surface area contributed by atoms with Crippen LogP contribution in [0.15, 0.2) is 24.3 Å². The van der Waals surface area contributed by atoms with Crippen LogP contribution in [-0.4, -0.2) is 29.9 Å². The Labute approximate surface area is 150 Å². The van der Waals surface area contributed by atoms with Gasteiger partial charge in [-0.05, 0) is 56.2 Å². The molecule has 2 N–H and O–H groups in total. The molecular weight excluding hydrogens is 320 g/mol. The van der Waals surface area contributed by atoms with Crippen LogP contribution in [0, 0.1) is 5.92 Å². The van der Waals surface area contributed by atoms with Crippen LogP contribution in [0.3, 0.4) is 0 Å². The van der Waals surface area contributed by atoms with E-state index in [1.165, 1.54) is 6.42 Å². The topological polar surface area (TPSA) is 46.3 Å². The summed E-state index contributed by atoms with van der Waals surface area (Å²) in [6.45, 7) is 3.78. The number of halogens is 1. The smallest absolute Gasteiger partial charge is 0.233 e. The molecule has 1 saturated heterocycles. The van der Waals surface area contributed by atoms with Crippen LogP contribution in [0.1, 0.15) is 57.4 Å². The van der Waals surface area contributed by atoms with Crippen molar-refractivity contribution >= 4 is 17.5 Å². The lowest BCUT2D eigenvalue weighted by atomic mass is 9.68. The number of piperidine rings is 1. The molecule has 0 aromatic heterocycles. The molecule has 3 rings (SSSR count). The molecule has 0 spiro atoms. The fourth-order valence-corrected chi connectivity index (χ4v) is 4.61. The maximum Gasteiger partial charge on any atom is 0.233 e.